The Morgan fingerprint density at radius 3 is 2.70 bits per heavy atom. The van der Waals surface area contributed by atoms with Gasteiger partial charge in [0.15, 0.2) is 0 Å². The molecule has 4 nitrogen and oxygen atoms in total. The number of nitrogens with one attached hydrogen (secondary N) is 2. The molecule has 3 aromatic rings. The number of hydrogen-bond acceptors (Lipinski definition) is 3. The minimum Gasteiger partial charge on any atom is -0.496 e. The van der Waals surface area contributed by atoms with Gasteiger partial charge in [0.1, 0.15) is 11.6 Å². The molecular formula is C18H18ClN3O. The monoisotopic (exact) mass is 327 g/mol. The van der Waals surface area contributed by atoms with Crippen molar-refractivity contribution >= 4 is 11.6 Å². The standard InChI is InChI=1S/C18H18ClN3O/c1-23-16-9-5-8-15(19)14(16)12-22-17(18-20-10-11-21-18)13-6-3-2-4-7-13/h2-11,17,22H,12H2,1H3,(H,20,21). The zero-order valence-electron chi connectivity index (χ0n) is 12.8. The first kappa shape index (κ1) is 15.6. The van der Waals surface area contributed by atoms with Crippen LogP contribution < -0.4 is 10.1 Å². The summed E-state index contributed by atoms with van der Waals surface area (Å²) in [6.45, 7) is 0.573. The van der Waals surface area contributed by atoms with Crippen molar-refractivity contribution in [1.82, 2.24) is 15.3 Å². The highest BCUT2D eigenvalue weighted by Gasteiger charge is 2.17. The van der Waals surface area contributed by atoms with E-state index in [0.717, 1.165) is 22.7 Å². The largest absolute Gasteiger partial charge is 0.496 e. The summed E-state index contributed by atoms with van der Waals surface area (Å²) in [4.78, 5) is 7.57. The molecule has 5 heteroatoms. The van der Waals surface area contributed by atoms with Gasteiger partial charge in [-0.2, -0.15) is 0 Å². The van der Waals surface area contributed by atoms with Gasteiger partial charge in [0.2, 0.25) is 0 Å². The smallest absolute Gasteiger partial charge is 0.127 e. The molecule has 1 heterocycles. The summed E-state index contributed by atoms with van der Waals surface area (Å²) in [5.41, 5.74) is 2.07. The van der Waals surface area contributed by atoms with E-state index in [1.807, 2.05) is 42.6 Å². The fourth-order valence-electron chi connectivity index (χ4n) is 2.56. The summed E-state index contributed by atoms with van der Waals surface area (Å²) in [5, 5.41) is 4.20. The van der Waals surface area contributed by atoms with E-state index in [1.165, 1.54) is 0 Å². The second-order valence-electron chi connectivity index (χ2n) is 5.12. The maximum Gasteiger partial charge on any atom is 0.127 e. The van der Waals surface area contributed by atoms with Gasteiger partial charge >= 0.3 is 0 Å². The minimum atomic E-state index is -0.0489. The van der Waals surface area contributed by atoms with Crippen molar-refractivity contribution in [3.63, 3.8) is 0 Å². The number of aromatic nitrogens is 2. The number of halogens is 1. The van der Waals surface area contributed by atoms with E-state index in [9.17, 15) is 0 Å². The number of methoxy groups -OCH3 is 1. The fraction of sp³-hybridized carbons (Fsp3) is 0.167. The zero-order valence-corrected chi connectivity index (χ0v) is 13.5. The number of benzene rings is 2. The fourth-order valence-corrected chi connectivity index (χ4v) is 2.79. The molecule has 1 atom stereocenters. The molecule has 0 aliphatic rings. The molecule has 2 N–H and O–H groups in total. The van der Waals surface area contributed by atoms with Gasteiger partial charge in [-0.1, -0.05) is 48.0 Å². The van der Waals surface area contributed by atoms with Gasteiger partial charge in [-0.3, -0.25) is 5.32 Å². The van der Waals surface area contributed by atoms with Crippen molar-refractivity contribution in [2.45, 2.75) is 12.6 Å². The van der Waals surface area contributed by atoms with E-state index in [0.29, 0.717) is 11.6 Å². The van der Waals surface area contributed by atoms with Crippen molar-refractivity contribution in [3.05, 3.63) is 82.9 Å². The van der Waals surface area contributed by atoms with E-state index in [4.69, 9.17) is 16.3 Å². The molecule has 1 aromatic heterocycles. The second kappa shape index (κ2) is 7.31. The van der Waals surface area contributed by atoms with Gasteiger partial charge in [0.05, 0.1) is 13.2 Å². The molecule has 0 bridgehead atoms. The zero-order chi connectivity index (χ0) is 16.1. The third-order valence-electron chi connectivity index (χ3n) is 3.70. The normalized spacial score (nSPS) is 12.1. The van der Waals surface area contributed by atoms with Crippen LogP contribution in [-0.2, 0) is 6.54 Å². The molecule has 0 saturated carbocycles. The predicted octanol–water partition coefficient (Wildman–Crippen LogP) is 3.95. The van der Waals surface area contributed by atoms with E-state index in [1.54, 1.807) is 13.3 Å². The molecule has 2 aromatic carbocycles. The van der Waals surface area contributed by atoms with Crippen LogP contribution in [0.15, 0.2) is 60.9 Å². The van der Waals surface area contributed by atoms with Gasteiger partial charge in [-0.25, -0.2) is 4.98 Å². The molecule has 0 radical (unpaired) electrons. The third kappa shape index (κ3) is 3.55. The van der Waals surface area contributed by atoms with Crippen LogP contribution in [0, 0.1) is 0 Å². The number of rotatable bonds is 6. The number of ether oxygens (including phenoxy) is 1. The number of nitrogens with zero attached hydrogens (tertiary/aromatic N) is 1. The van der Waals surface area contributed by atoms with Crippen molar-refractivity contribution in [1.29, 1.82) is 0 Å². The summed E-state index contributed by atoms with van der Waals surface area (Å²) >= 11 is 6.32. The quantitative estimate of drug-likeness (QED) is 0.720. The third-order valence-corrected chi connectivity index (χ3v) is 4.06. The molecule has 0 amide bonds. The number of aromatic amines is 1. The summed E-state index contributed by atoms with van der Waals surface area (Å²) in [6.07, 6.45) is 3.58. The van der Waals surface area contributed by atoms with Crippen LogP contribution in [-0.4, -0.2) is 17.1 Å². The van der Waals surface area contributed by atoms with Crippen LogP contribution in [0.25, 0.3) is 0 Å². The first-order chi connectivity index (χ1) is 11.3. The minimum absolute atomic E-state index is 0.0489. The molecule has 118 valence electrons. The molecule has 3 rings (SSSR count). The summed E-state index contributed by atoms with van der Waals surface area (Å²) < 4.78 is 5.41. The average molecular weight is 328 g/mol. The van der Waals surface area contributed by atoms with Crippen LogP contribution >= 0.6 is 11.6 Å². The maximum absolute atomic E-state index is 6.32. The first-order valence-corrected chi connectivity index (χ1v) is 7.76. The summed E-state index contributed by atoms with van der Waals surface area (Å²) in [7, 11) is 1.65. The van der Waals surface area contributed by atoms with Gasteiger partial charge in [-0.15, -0.1) is 0 Å². The average Bonchev–Trinajstić information content (AvgIpc) is 3.11. The Labute approximate surface area is 140 Å². The van der Waals surface area contributed by atoms with Gasteiger partial charge in [0.25, 0.3) is 0 Å². The maximum atomic E-state index is 6.32. The molecule has 23 heavy (non-hydrogen) atoms. The molecular weight excluding hydrogens is 310 g/mol. The lowest BCUT2D eigenvalue weighted by Crippen LogP contribution is -2.23. The Bertz CT molecular complexity index is 744. The Kier molecular flexibility index (Phi) is 4.95. The van der Waals surface area contributed by atoms with Gasteiger partial charge in [-0.05, 0) is 17.7 Å². The summed E-state index contributed by atoms with van der Waals surface area (Å²) in [5.74, 6) is 1.64. The number of hydrogen-bond donors (Lipinski definition) is 2. The molecule has 0 saturated heterocycles. The highest BCUT2D eigenvalue weighted by molar-refractivity contribution is 6.31. The van der Waals surface area contributed by atoms with Crippen molar-refractivity contribution in [2.24, 2.45) is 0 Å². The molecule has 0 aliphatic heterocycles. The molecule has 0 fully saturated rings. The van der Waals surface area contributed by atoms with Crippen LogP contribution in [0.1, 0.15) is 23.0 Å². The predicted molar refractivity (Wildman–Crippen MR) is 91.7 cm³/mol. The Balaban J connectivity index is 1.86. The number of imidazole rings is 1. The second-order valence-corrected chi connectivity index (χ2v) is 5.53. The van der Waals surface area contributed by atoms with E-state index >= 15 is 0 Å². The lowest BCUT2D eigenvalue weighted by molar-refractivity contribution is 0.406. The summed E-state index contributed by atoms with van der Waals surface area (Å²) in [6, 6.07) is 15.8. The van der Waals surface area contributed by atoms with Crippen molar-refractivity contribution < 1.29 is 4.74 Å². The first-order valence-electron chi connectivity index (χ1n) is 7.38. The highest BCUT2D eigenvalue weighted by atomic mass is 35.5. The van der Waals surface area contributed by atoms with Crippen LogP contribution in [0.3, 0.4) is 0 Å². The lowest BCUT2D eigenvalue weighted by atomic mass is 10.1. The van der Waals surface area contributed by atoms with Crippen molar-refractivity contribution in [2.75, 3.05) is 7.11 Å². The molecule has 1 unspecified atom stereocenters. The van der Waals surface area contributed by atoms with E-state index in [2.05, 4.69) is 27.4 Å². The van der Waals surface area contributed by atoms with Crippen molar-refractivity contribution in [3.8, 4) is 5.75 Å². The van der Waals surface area contributed by atoms with Crippen LogP contribution in [0.4, 0.5) is 0 Å². The molecule has 0 aliphatic carbocycles. The van der Waals surface area contributed by atoms with Gasteiger partial charge in [0, 0.05) is 29.5 Å². The SMILES string of the molecule is COc1cccc(Cl)c1CNC(c1ccccc1)c1ncc[nH]1. The van der Waals surface area contributed by atoms with E-state index < -0.39 is 0 Å². The van der Waals surface area contributed by atoms with Crippen LogP contribution in [0.5, 0.6) is 5.75 Å². The van der Waals surface area contributed by atoms with E-state index in [-0.39, 0.29) is 6.04 Å². The number of H-pyrrole nitrogens is 1. The Morgan fingerprint density at radius 2 is 2.00 bits per heavy atom. The topological polar surface area (TPSA) is 49.9 Å². The Morgan fingerprint density at radius 1 is 1.17 bits per heavy atom. The lowest BCUT2D eigenvalue weighted by Gasteiger charge is -2.19. The highest BCUT2D eigenvalue weighted by Crippen LogP contribution is 2.27. The van der Waals surface area contributed by atoms with Crippen LogP contribution in [0.2, 0.25) is 5.02 Å². The molecule has 0 spiro atoms. The van der Waals surface area contributed by atoms with Gasteiger partial charge < -0.3 is 9.72 Å². The Hall–Kier alpha value is -2.30.